The molecule has 1 aliphatic carbocycles. The molecular formula is C13H15F4N. The van der Waals surface area contributed by atoms with E-state index in [2.05, 4.69) is 5.32 Å². The molecule has 0 heterocycles. The molecule has 1 N–H and O–H groups in total. The lowest BCUT2D eigenvalue weighted by Gasteiger charge is -2.15. The minimum Gasteiger partial charge on any atom is -0.319 e. The molecule has 100 valence electrons. The molecule has 0 bridgehead atoms. The highest BCUT2D eigenvalue weighted by atomic mass is 19.4. The molecule has 1 fully saturated rings. The van der Waals surface area contributed by atoms with Crippen LogP contribution in [-0.4, -0.2) is 13.6 Å². The Hall–Kier alpha value is -1.10. The molecule has 0 aliphatic heterocycles. The van der Waals surface area contributed by atoms with Gasteiger partial charge in [-0.15, -0.1) is 0 Å². The molecule has 18 heavy (non-hydrogen) atoms. The molecule has 2 rings (SSSR count). The third kappa shape index (κ3) is 2.23. The molecule has 0 aromatic heterocycles. The van der Waals surface area contributed by atoms with Crippen LogP contribution in [0.2, 0.25) is 0 Å². The van der Waals surface area contributed by atoms with Gasteiger partial charge in [-0.25, -0.2) is 4.39 Å². The molecular weight excluding hydrogens is 246 g/mol. The van der Waals surface area contributed by atoms with Gasteiger partial charge in [0.2, 0.25) is 0 Å². The lowest BCUT2D eigenvalue weighted by molar-refractivity contribution is -0.137. The Balaban J connectivity index is 2.27. The Morgan fingerprint density at radius 2 is 2.06 bits per heavy atom. The van der Waals surface area contributed by atoms with Gasteiger partial charge in [0.05, 0.1) is 5.56 Å². The Kier molecular flexibility index (Phi) is 3.13. The summed E-state index contributed by atoms with van der Waals surface area (Å²) in [6.45, 7) is 2.64. The molecule has 1 aromatic carbocycles. The van der Waals surface area contributed by atoms with E-state index in [4.69, 9.17) is 0 Å². The summed E-state index contributed by atoms with van der Waals surface area (Å²) in [5.41, 5.74) is -0.883. The summed E-state index contributed by atoms with van der Waals surface area (Å²) in [4.78, 5) is 0. The summed E-state index contributed by atoms with van der Waals surface area (Å²) in [5.74, 6) is -0.473. The number of benzene rings is 1. The molecule has 0 saturated heterocycles. The third-order valence-corrected chi connectivity index (χ3v) is 3.77. The minimum absolute atomic E-state index is 0.286. The van der Waals surface area contributed by atoms with Gasteiger partial charge in [0, 0.05) is 0 Å². The van der Waals surface area contributed by atoms with Crippen LogP contribution >= 0.6 is 0 Å². The Bertz CT molecular complexity index is 455. The second kappa shape index (κ2) is 4.23. The fourth-order valence-corrected chi connectivity index (χ4v) is 2.48. The molecule has 0 unspecified atom stereocenters. The van der Waals surface area contributed by atoms with Crippen molar-refractivity contribution in [3.63, 3.8) is 0 Å². The summed E-state index contributed by atoms with van der Waals surface area (Å²) in [6, 6.07) is 2.82. The van der Waals surface area contributed by atoms with Crippen molar-refractivity contribution in [2.24, 2.45) is 5.92 Å². The van der Waals surface area contributed by atoms with Crippen LogP contribution < -0.4 is 5.32 Å². The second-order valence-corrected chi connectivity index (χ2v) is 5.07. The summed E-state index contributed by atoms with van der Waals surface area (Å²) in [6.07, 6.45) is -3.69. The van der Waals surface area contributed by atoms with Gasteiger partial charge in [-0.3, -0.25) is 0 Å². The van der Waals surface area contributed by atoms with Crippen LogP contribution in [0.4, 0.5) is 17.6 Å². The number of hydrogen-bond acceptors (Lipinski definition) is 1. The van der Waals surface area contributed by atoms with Gasteiger partial charge in [-0.2, -0.15) is 13.2 Å². The van der Waals surface area contributed by atoms with E-state index in [1.807, 2.05) is 14.0 Å². The van der Waals surface area contributed by atoms with Crippen LogP contribution in [0.25, 0.3) is 0 Å². The maximum Gasteiger partial charge on any atom is 0.416 e. The molecule has 2 atom stereocenters. The van der Waals surface area contributed by atoms with E-state index in [0.717, 1.165) is 19.0 Å². The summed E-state index contributed by atoms with van der Waals surface area (Å²) < 4.78 is 51.1. The topological polar surface area (TPSA) is 12.0 Å². The van der Waals surface area contributed by atoms with Crippen LogP contribution in [-0.2, 0) is 11.6 Å². The van der Waals surface area contributed by atoms with Crippen molar-refractivity contribution in [3.8, 4) is 0 Å². The Morgan fingerprint density at radius 1 is 1.39 bits per heavy atom. The fourth-order valence-electron chi connectivity index (χ4n) is 2.48. The molecule has 1 aliphatic rings. The highest BCUT2D eigenvalue weighted by molar-refractivity contribution is 5.37. The van der Waals surface area contributed by atoms with Crippen LogP contribution in [0, 0.1) is 11.7 Å². The molecule has 5 heteroatoms. The van der Waals surface area contributed by atoms with Crippen LogP contribution in [0.15, 0.2) is 18.2 Å². The Morgan fingerprint density at radius 3 is 2.56 bits per heavy atom. The zero-order valence-electron chi connectivity index (χ0n) is 10.2. The second-order valence-electron chi connectivity index (χ2n) is 5.07. The van der Waals surface area contributed by atoms with Gasteiger partial charge >= 0.3 is 6.18 Å². The van der Waals surface area contributed by atoms with Crippen molar-refractivity contribution in [1.82, 2.24) is 5.32 Å². The smallest absolute Gasteiger partial charge is 0.319 e. The average Bonchev–Trinajstić information content (AvgIpc) is 2.89. The number of halogens is 4. The first kappa shape index (κ1) is 13.3. The normalized spacial score (nSPS) is 27.3. The van der Waals surface area contributed by atoms with E-state index >= 15 is 0 Å². The molecule has 0 amide bonds. The number of rotatable bonds is 3. The predicted octanol–water partition coefficient (Wildman–Crippen LogP) is 3.34. The fraction of sp³-hybridized carbons (Fsp3) is 0.538. The lowest BCUT2D eigenvalue weighted by Crippen LogP contribution is -2.17. The molecule has 0 spiro atoms. The van der Waals surface area contributed by atoms with Gasteiger partial charge in [0.1, 0.15) is 5.82 Å². The van der Waals surface area contributed by atoms with E-state index in [0.29, 0.717) is 11.6 Å². The van der Waals surface area contributed by atoms with Crippen molar-refractivity contribution in [3.05, 3.63) is 35.1 Å². The van der Waals surface area contributed by atoms with Crippen molar-refractivity contribution >= 4 is 0 Å². The molecule has 1 saturated carbocycles. The van der Waals surface area contributed by atoms with Crippen molar-refractivity contribution in [2.45, 2.75) is 24.9 Å². The highest BCUT2D eigenvalue weighted by Gasteiger charge is 2.52. The number of hydrogen-bond donors (Lipinski definition) is 1. The zero-order valence-corrected chi connectivity index (χ0v) is 10.2. The molecule has 0 radical (unpaired) electrons. The van der Waals surface area contributed by atoms with Gasteiger partial charge in [-0.05, 0) is 49.0 Å². The number of alkyl halides is 3. The Labute approximate surface area is 103 Å². The van der Waals surface area contributed by atoms with Gasteiger partial charge in [0.25, 0.3) is 0 Å². The molecule has 1 aromatic rings. The maximum atomic E-state index is 13.8. The summed E-state index contributed by atoms with van der Waals surface area (Å²) >= 11 is 0. The summed E-state index contributed by atoms with van der Waals surface area (Å²) in [5, 5.41) is 3.01. The van der Waals surface area contributed by atoms with Gasteiger partial charge < -0.3 is 5.32 Å². The van der Waals surface area contributed by atoms with Gasteiger partial charge in [0.15, 0.2) is 0 Å². The number of nitrogens with one attached hydrogen (secondary N) is 1. The predicted molar refractivity (Wildman–Crippen MR) is 60.8 cm³/mol. The zero-order chi connectivity index (χ0) is 13.6. The van der Waals surface area contributed by atoms with Crippen LogP contribution in [0.3, 0.4) is 0 Å². The lowest BCUT2D eigenvalue weighted by atomic mass is 9.93. The van der Waals surface area contributed by atoms with E-state index in [1.165, 1.54) is 6.07 Å². The van der Waals surface area contributed by atoms with Crippen molar-refractivity contribution in [2.75, 3.05) is 13.6 Å². The average molecular weight is 261 g/mol. The quantitative estimate of drug-likeness (QED) is 0.823. The van der Waals surface area contributed by atoms with E-state index < -0.39 is 17.6 Å². The minimum atomic E-state index is -4.49. The SMILES string of the molecule is CNC[C@@H]1C[C@@]1(C)c1ccc(C(F)(F)F)cc1F. The van der Waals surface area contributed by atoms with Gasteiger partial charge in [-0.1, -0.05) is 13.0 Å². The summed E-state index contributed by atoms with van der Waals surface area (Å²) in [7, 11) is 1.81. The van der Waals surface area contributed by atoms with E-state index in [-0.39, 0.29) is 11.3 Å². The standard InChI is InChI=1S/C13H15F4N/c1-12(6-9(12)7-18-2)10-4-3-8(5-11(10)14)13(15,16)17/h3-5,9,18H,6-7H2,1-2H3/t9-,12+/m0/s1. The van der Waals surface area contributed by atoms with Crippen molar-refractivity contribution in [1.29, 1.82) is 0 Å². The monoisotopic (exact) mass is 261 g/mol. The van der Waals surface area contributed by atoms with Crippen molar-refractivity contribution < 1.29 is 17.6 Å². The van der Waals surface area contributed by atoms with Crippen LogP contribution in [0.1, 0.15) is 24.5 Å². The first-order chi connectivity index (χ1) is 8.29. The van der Waals surface area contributed by atoms with Crippen LogP contribution in [0.5, 0.6) is 0 Å². The molecule has 1 nitrogen and oxygen atoms in total. The largest absolute Gasteiger partial charge is 0.416 e. The first-order valence-corrected chi connectivity index (χ1v) is 5.81. The highest BCUT2D eigenvalue weighted by Crippen LogP contribution is 2.54. The third-order valence-electron chi connectivity index (χ3n) is 3.77. The van der Waals surface area contributed by atoms with E-state index in [9.17, 15) is 17.6 Å². The van der Waals surface area contributed by atoms with E-state index in [1.54, 1.807) is 0 Å². The maximum absolute atomic E-state index is 13.8. The first-order valence-electron chi connectivity index (χ1n) is 5.81.